The van der Waals surface area contributed by atoms with Gasteiger partial charge >= 0.3 is 5.97 Å². The molecule has 0 radical (unpaired) electrons. The Labute approximate surface area is 158 Å². The maximum atomic E-state index is 12.9. The van der Waals surface area contributed by atoms with E-state index in [4.69, 9.17) is 9.84 Å². The lowest BCUT2D eigenvalue weighted by molar-refractivity contribution is -0.137. The predicted molar refractivity (Wildman–Crippen MR) is 101 cm³/mol. The Balaban J connectivity index is 1.75. The summed E-state index contributed by atoms with van der Waals surface area (Å²) in [7, 11) is 3.48. The number of benzene rings is 1. The number of aromatic nitrogens is 1. The van der Waals surface area contributed by atoms with E-state index in [0.29, 0.717) is 18.5 Å². The summed E-state index contributed by atoms with van der Waals surface area (Å²) in [4.78, 5) is 31.9. The molecule has 2 atom stereocenters. The van der Waals surface area contributed by atoms with E-state index in [2.05, 4.69) is 4.98 Å². The number of pyridine rings is 1. The maximum absolute atomic E-state index is 12.9. The van der Waals surface area contributed by atoms with Crippen molar-refractivity contribution < 1.29 is 19.4 Å². The van der Waals surface area contributed by atoms with Crippen LogP contribution in [0.5, 0.6) is 0 Å². The zero-order chi connectivity index (χ0) is 19.4. The summed E-state index contributed by atoms with van der Waals surface area (Å²) in [5.74, 6) is -0.425. The summed E-state index contributed by atoms with van der Waals surface area (Å²) in [5, 5.41) is 9.11. The fraction of sp³-hybridized carbons (Fsp3) is 0.350. The van der Waals surface area contributed by atoms with Gasteiger partial charge in [-0.1, -0.05) is 18.2 Å². The summed E-state index contributed by atoms with van der Waals surface area (Å²) in [6, 6.07) is 12.9. The lowest BCUT2D eigenvalue weighted by atomic mass is 10.1. The monoisotopic (exact) mass is 369 g/mol. The number of likely N-dealkylation sites (tertiary alicyclic amines) is 1. The molecule has 0 bridgehead atoms. The number of carboxylic acids is 1. The minimum absolute atomic E-state index is 0.0894. The molecule has 1 aromatic carbocycles. The molecule has 1 aliphatic heterocycles. The van der Waals surface area contributed by atoms with E-state index in [9.17, 15) is 9.59 Å². The average Bonchev–Trinajstić information content (AvgIpc) is 3.10. The van der Waals surface area contributed by atoms with Gasteiger partial charge < -0.3 is 19.6 Å². The summed E-state index contributed by atoms with van der Waals surface area (Å²) >= 11 is 0. The van der Waals surface area contributed by atoms with Crippen LogP contribution < -0.4 is 4.90 Å². The largest absolute Gasteiger partial charge is 0.481 e. The number of hydrogen-bond donors (Lipinski definition) is 1. The quantitative estimate of drug-likeness (QED) is 0.843. The third-order valence-corrected chi connectivity index (χ3v) is 4.86. The Bertz CT molecular complexity index is 795. The van der Waals surface area contributed by atoms with Crippen molar-refractivity contribution in [2.24, 2.45) is 0 Å². The van der Waals surface area contributed by atoms with Gasteiger partial charge in [0.1, 0.15) is 5.82 Å². The van der Waals surface area contributed by atoms with Crippen LogP contribution in [0.15, 0.2) is 48.7 Å². The van der Waals surface area contributed by atoms with Crippen molar-refractivity contribution in [3.05, 3.63) is 54.2 Å². The van der Waals surface area contributed by atoms with Gasteiger partial charge in [-0.2, -0.15) is 0 Å². The predicted octanol–water partition coefficient (Wildman–Crippen LogP) is 2.55. The number of aliphatic carboxylic acids is 1. The first-order valence-corrected chi connectivity index (χ1v) is 8.80. The van der Waals surface area contributed by atoms with Gasteiger partial charge in [0.15, 0.2) is 0 Å². The molecule has 2 unspecified atom stereocenters. The van der Waals surface area contributed by atoms with Gasteiger partial charge in [0, 0.05) is 38.6 Å². The highest BCUT2D eigenvalue weighted by Crippen LogP contribution is 2.26. The van der Waals surface area contributed by atoms with E-state index in [1.165, 1.54) is 6.20 Å². The molecule has 7 heteroatoms. The second kappa shape index (κ2) is 8.18. The van der Waals surface area contributed by atoms with E-state index in [0.717, 1.165) is 11.5 Å². The normalized spacial score (nSPS) is 19.1. The highest BCUT2D eigenvalue weighted by atomic mass is 16.5. The molecule has 1 aliphatic rings. The van der Waals surface area contributed by atoms with Crippen LogP contribution in [0.2, 0.25) is 0 Å². The van der Waals surface area contributed by atoms with Crippen molar-refractivity contribution in [1.29, 1.82) is 0 Å². The first-order valence-electron chi connectivity index (χ1n) is 8.80. The van der Waals surface area contributed by atoms with Crippen molar-refractivity contribution >= 4 is 23.4 Å². The van der Waals surface area contributed by atoms with E-state index in [1.807, 2.05) is 42.3 Å². The van der Waals surface area contributed by atoms with Crippen LogP contribution >= 0.6 is 0 Å². The standard InChI is InChI=1S/C20H23N3O4/c1-22(15-6-4-3-5-7-15)18-9-8-14(12-21-18)20(26)23-13-17(27-2)10-16(23)11-19(24)25/h3-9,12,16-17H,10-11,13H2,1-2H3,(H,24,25). The molecule has 1 N–H and O–H groups in total. The molecule has 1 saturated heterocycles. The summed E-state index contributed by atoms with van der Waals surface area (Å²) < 4.78 is 5.33. The number of para-hydroxylation sites is 1. The molecule has 7 nitrogen and oxygen atoms in total. The molecule has 2 heterocycles. The lowest BCUT2D eigenvalue weighted by Gasteiger charge is -2.23. The van der Waals surface area contributed by atoms with E-state index in [-0.39, 0.29) is 24.5 Å². The second-order valence-corrected chi connectivity index (χ2v) is 6.60. The number of carboxylic acid groups (broad SMARTS) is 1. The number of hydrogen-bond acceptors (Lipinski definition) is 5. The van der Waals surface area contributed by atoms with Crippen LogP contribution in [0.3, 0.4) is 0 Å². The van der Waals surface area contributed by atoms with Crippen LogP contribution in [0.4, 0.5) is 11.5 Å². The number of carbonyl (C=O) groups is 2. The Morgan fingerprint density at radius 1 is 1.26 bits per heavy atom. The van der Waals surface area contributed by atoms with Gasteiger partial charge in [-0.15, -0.1) is 0 Å². The third kappa shape index (κ3) is 4.25. The average molecular weight is 369 g/mol. The van der Waals surface area contributed by atoms with Crippen molar-refractivity contribution in [3.8, 4) is 0 Å². The van der Waals surface area contributed by atoms with Crippen LogP contribution in [-0.2, 0) is 9.53 Å². The van der Waals surface area contributed by atoms with Crippen molar-refractivity contribution in [2.45, 2.75) is 25.0 Å². The molecule has 1 aromatic heterocycles. The Kier molecular flexibility index (Phi) is 5.71. The van der Waals surface area contributed by atoms with E-state index in [1.54, 1.807) is 24.1 Å². The molecule has 0 saturated carbocycles. The topological polar surface area (TPSA) is 83.0 Å². The molecular formula is C20H23N3O4. The molecule has 142 valence electrons. The number of amides is 1. The molecule has 3 rings (SSSR count). The van der Waals surface area contributed by atoms with Gasteiger partial charge in [0.2, 0.25) is 0 Å². The summed E-state index contributed by atoms with van der Waals surface area (Å²) in [5.41, 5.74) is 1.43. The number of rotatable bonds is 6. The van der Waals surface area contributed by atoms with E-state index >= 15 is 0 Å². The molecular weight excluding hydrogens is 346 g/mol. The van der Waals surface area contributed by atoms with Crippen LogP contribution in [0, 0.1) is 0 Å². The zero-order valence-corrected chi connectivity index (χ0v) is 15.4. The number of anilines is 2. The smallest absolute Gasteiger partial charge is 0.305 e. The third-order valence-electron chi connectivity index (χ3n) is 4.86. The first-order chi connectivity index (χ1) is 13.0. The Morgan fingerprint density at radius 3 is 2.59 bits per heavy atom. The number of ether oxygens (including phenoxy) is 1. The Hall–Kier alpha value is -2.93. The van der Waals surface area contributed by atoms with Gasteiger partial charge in [0.05, 0.1) is 18.1 Å². The number of nitrogens with zero attached hydrogens (tertiary/aromatic N) is 3. The van der Waals surface area contributed by atoms with Crippen molar-refractivity contribution in [2.75, 3.05) is 25.6 Å². The molecule has 27 heavy (non-hydrogen) atoms. The van der Waals surface area contributed by atoms with Crippen molar-refractivity contribution in [1.82, 2.24) is 9.88 Å². The molecule has 1 fully saturated rings. The van der Waals surface area contributed by atoms with Gasteiger partial charge in [-0.25, -0.2) is 4.98 Å². The van der Waals surface area contributed by atoms with Crippen LogP contribution in [0.1, 0.15) is 23.2 Å². The highest BCUT2D eigenvalue weighted by molar-refractivity contribution is 5.95. The van der Waals surface area contributed by atoms with Gasteiger partial charge in [-0.05, 0) is 30.7 Å². The number of carbonyl (C=O) groups excluding carboxylic acids is 1. The summed E-state index contributed by atoms with van der Waals surface area (Å²) in [6.45, 7) is 0.388. The summed E-state index contributed by atoms with van der Waals surface area (Å²) in [6.07, 6.45) is 1.83. The Morgan fingerprint density at radius 2 is 2.00 bits per heavy atom. The SMILES string of the molecule is COC1CC(CC(=O)O)N(C(=O)c2ccc(N(C)c3ccccc3)nc2)C1. The molecule has 0 aliphatic carbocycles. The molecule has 0 spiro atoms. The lowest BCUT2D eigenvalue weighted by Crippen LogP contribution is -2.37. The minimum atomic E-state index is -0.924. The fourth-order valence-corrected chi connectivity index (χ4v) is 3.35. The van der Waals surface area contributed by atoms with Crippen LogP contribution in [-0.4, -0.2) is 59.7 Å². The van der Waals surface area contributed by atoms with Gasteiger partial charge in [-0.3, -0.25) is 9.59 Å². The molecule has 1 amide bonds. The maximum Gasteiger partial charge on any atom is 0.305 e. The number of methoxy groups -OCH3 is 1. The zero-order valence-electron chi connectivity index (χ0n) is 15.4. The van der Waals surface area contributed by atoms with Crippen molar-refractivity contribution in [3.63, 3.8) is 0 Å². The van der Waals surface area contributed by atoms with E-state index < -0.39 is 5.97 Å². The fourth-order valence-electron chi connectivity index (χ4n) is 3.35. The van der Waals surface area contributed by atoms with Crippen LogP contribution in [0.25, 0.3) is 0 Å². The highest BCUT2D eigenvalue weighted by Gasteiger charge is 2.37. The first kappa shape index (κ1) is 18.8. The second-order valence-electron chi connectivity index (χ2n) is 6.60. The molecule has 2 aromatic rings. The minimum Gasteiger partial charge on any atom is -0.481 e. The van der Waals surface area contributed by atoms with Gasteiger partial charge in [0.25, 0.3) is 5.91 Å².